The number of hydrogen-bond acceptors (Lipinski definition) is 3. The summed E-state index contributed by atoms with van der Waals surface area (Å²) in [5.74, 6) is 0.0375. The largest absolute Gasteiger partial charge is 0.456 e. The molecule has 0 saturated carbocycles. The van der Waals surface area contributed by atoms with Gasteiger partial charge < -0.3 is 8.83 Å². The highest BCUT2D eigenvalue weighted by Crippen LogP contribution is 2.37. The van der Waals surface area contributed by atoms with Crippen LogP contribution in [-0.2, 0) is 0 Å². The summed E-state index contributed by atoms with van der Waals surface area (Å²) in [6, 6.07) is 17.5. The van der Waals surface area contributed by atoms with Gasteiger partial charge in [-0.3, -0.25) is 4.79 Å². The van der Waals surface area contributed by atoms with E-state index in [4.69, 9.17) is 8.83 Å². The van der Waals surface area contributed by atoms with Crippen LogP contribution in [0.3, 0.4) is 0 Å². The van der Waals surface area contributed by atoms with Gasteiger partial charge in [-0.25, -0.2) is 0 Å². The van der Waals surface area contributed by atoms with Crippen LogP contribution in [0.4, 0.5) is 0 Å². The summed E-state index contributed by atoms with van der Waals surface area (Å²) in [5, 5.41) is 3.93. The number of rotatable bonds is 1. The molecule has 0 N–H and O–H groups in total. The molecule has 3 nitrogen and oxygen atoms in total. The van der Waals surface area contributed by atoms with Crippen LogP contribution < -0.4 is 0 Å². The lowest BCUT2D eigenvalue weighted by Gasteiger charge is -1.97. The van der Waals surface area contributed by atoms with E-state index >= 15 is 0 Å². The highest BCUT2D eigenvalue weighted by atomic mass is 16.3. The summed E-state index contributed by atoms with van der Waals surface area (Å²) in [7, 11) is 0. The number of carbonyl (C=O) groups is 1. The molecular formula is C20H12O3. The fourth-order valence-electron chi connectivity index (χ4n) is 3.34. The quantitative estimate of drug-likeness (QED) is 0.374. The van der Waals surface area contributed by atoms with Crippen LogP contribution >= 0.6 is 0 Å². The van der Waals surface area contributed by atoms with Gasteiger partial charge >= 0.3 is 0 Å². The van der Waals surface area contributed by atoms with Crippen LogP contribution in [0.1, 0.15) is 17.3 Å². The lowest BCUT2D eigenvalue weighted by atomic mass is 10.0. The predicted octanol–water partition coefficient (Wildman–Crippen LogP) is 5.69. The Morgan fingerprint density at radius 2 is 1.48 bits per heavy atom. The highest BCUT2D eigenvalue weighted by Gasteiger charge is 2.16. The Kier molecular flexibility index (Phi) is 2.29. The molecule has 0 fully saturated rings. The van der Waals surface area contributed by atoms with E-state index in [1.54, 1.807) is 6.92 Å². The molecular weight excluding hydrogens is 288 g/mol. The molecule has 2 heterocycles. The van der Waals surface area contributed by atoms with Crippen molar-refractivity contribution in [2.24, 2.45) is 0 Å². The second-order valence-electron chi connectivity index (χ2n) is 5.78. The SMILES string of the molecule is CC(=O)c1cccc2oc3cc4oc5ccccc5c4cc3c12. The third kappa shape index (κ3) is 1.62. The maximum atomic E-state index is 12.0. The highest BCUT2D eigenvalue weighted by molar-refractivity contribution is 6.20. The Morgan fingerprint density at radius 3 is 2.35 bits per heavy atom. The van der Waals surface area contributed by atoms with Gasteiger partial charge in [0.25, 0.3) is 0 Å². The van der Waals surface area contributed by atoms with Gasteiger partial charge in [0.15, 0.2) is 5.78 Å². The van der Waals surface area contributed by atoms with Gasteiger partial charge in [-0.15, -0.1) is 0 Å². The first-order chi connectivity index (χ1) is 11.2. The van der Waals surface area contributed by atoms with Crippen LogP contribution in [0.2, 0.25) is 0 Å². The van der Waals surface area contributed by atoms with Crippen molar-refractivity contribution in [3.63, 3.8) is 0 Å². The number of carbonyl (C=O) groups excluding carboxylic acids is 1. The van der Waals surface area contributed by atoms with Gasteiger partial charge in [0.1, 0.15) is 22.3 Å². The maximum absolute atomic E-state index is 12.0. The molecule has 3 aromatic carbocycles. The maximum Gasteiger partial charge on any atom is 0.160 e. The molecule has 0 saturated heterocycles. The standard InChI is InChI=1S/C20H12O3/c1-11(21)12-6-4-8-17-20(12)15-9-14-13-5-2-3-7-16(13)22-18(14)10-19(15)23-17/h2-10H,1H3. The summed E-state index contributed by atoms with van der Waals surface area (Å²) in [5.41, 5.74) is 3.80. The zero-order valence-electron chi connectivity index (χ0n) is 12.4. The van der Waals surface area contributed by atoms with Crippen molar-refractivity contribution in [3.8, 4) is 0 Å². The molecule has 5 aromatic rings. The predicted molar refractivity (Wildman–Crippen MR) is 91.0 cm³/mol. The Morgan fingerprint density at radius 1 is 0.739 bits per heavy atom. The van der Waals surface area contributed by atoms with E-state index in [-0.39, 0.29) is 5.78 Å². The molecule has 0 aliphatic heterocycles. The second kappa shape index (κ2) is 4.23. The van der Waals surface area contributed by atoms with Gasteiger partial charge in [-0.2, -0.15) is 0 Å². The van der Waals surface area contributed by atoms with E-state index in [1.165, 1.54) is 0 Å². The molecule has 0 bridgehead atoms. The van der Waals surface area contributed by atoms with Gasteiger partial charge in [0.2, 0.25) is 0 Å². The molecule has 0 aliphatic rings. The van der Waals surface area contributed by atoms with Crippen LogP contribution in [0.25, 0.3) is 43.9 Å². The average molecular weight is 300 g/mol. The summed E-state index contributed by atoms with van der Waals surface area (Å²) in [6.45, 7) is 1.58. The van der Waals surface area contributed by atoms with Crippen molar-refractivity contribution in [1.29, 1.82) is 0 Å². The monoisotopic (exact) mass is 300 g/mol. The van der Waals surface area contributed by atoms with E-state index in [1.807, 2.05) is 48.5 Å². The second-order valence-corrected chi connectivity index (χ2v) is 5.78. The molecule has 2 aromatic heterocycles. The van der Waals surface area contributed by atoms with E-state index < -0.39 is 0 Å². The lowest BCUT2D eigenvalue weighted by Crippen LogP contribution is -1.91. The normalized spacial score (nSPS) is 11.9. The number of hydrogen-bond donors (Lipinski definition) is 0. The Bertz CT molecular complexity index is 1240. The van der Waals surface area contributed by atoms with Gasteiger partial charge in [0, 0.05) is 33.2 Å². The van der Waals surface area contributed by atoms with Crippen molar-refractivity contribution >= 4 is 49.7 Å². The minimum Gasteiger partial charge on any atom is -0.456 e. The number of fused-ring (bicyclic) bond motifs is 6. The molecule has 0 aliphatic carbocycles. The van der Waals surface area contributed by atoms with Crippen LogP contribution in [-0.4, -0.2) is 5.78 Å². The Labute approximate surface area is 131 Å². The van der Waals surface area contributed by atoms with Crippen molar-refractivity contribution < 1.29 is 13.6 Å². The summed E-state index contributed by atoms with van der Waals surface area (Å²) < 4.78 is 11.8. The molecule has 0 spiro atoms. The molecule has 0 unspecified atom stereocenters. The van der Waals surface area contributed by atoms with E-state index in [0.717, 1.165) is 43.9 Å². The fraction of sp³-hybridized carbons (Fsp3) is 0.0500. The number of furan rings is 2. The number of benzene rings is 3. The molecule has 5 rings (SSSR count). The zero-order chi connectivity index (χ0) is 15.6. The first-order valence-corrected chi connectivity index (χ1v) is 7.50. The minimum absolute atomic E-state index is 0.0375. The minimum atomic E-state index is 0.0375. The van der Waals surface area contributed by atoms with Crippen molar-refractivity contribution in [3.05, 3.63) is 60.2 Å². The fourth-order valence-corrected chi connectivity index (χ4v) is 3.34. The molecule has 0 radical (unpaired) electrons. The first kappa shape index (κ1) is 12.5. The van der Waals surface area contributed by atoms with E-state index in [2.05, 4.69) is 6.07 Å². The third-order valence-corrected chi connectivity index (χ3v) is 4.37. The molecule has 110 valence electrons. The molecule has 0 amide bonds. The average Bonchev–Trinajstić information content (AvgIpc) is 3.09. The summed E-state index contributed by atoms with van der Waals surface area (Å²) in [6.07, 6.45) is 0. The molecule has 3 heteroatoms. The topological polar surface area (TPSA) is 43.4 Å². The smallest absolute Gasteiger partial charge is 0.160 e. The van der Waals surface area contributed by atoms with E-state index in [0.29, 0.717) is 5.56 Å². The van der Waals surface area contributed by atoms with Gasteiger partial charge in [0.05, 0.1) is 0 Å². The van der Waals surface area contributed by atoms with Crippen LogP contribution in [0.15, 0.2) is 63.4 Å². The number of para-hydroxylation sites is 1. The third-order valence-electron chi connectivity index (χ3n) is 4.37. The Hall–Kier alpha value is -3.07. The van der Waals surface area contributed by atoms with Gasteiger partial charge in [-0.1, -0.05) is 30.3 Å². The summed E-state index contributed by atoms with van der Waals surface area (Å²) in [4.78, 5) is 12.0. The lowest BCUT2D eigenvalue weighted by molar-refractivity contribution is 0.101. The van der Waals surface area contributed by atoms with Crippen LogP contribution in [0.5, 0.6) is 0 Å². The molecule has 23 heavy (non-hydrogen) atoms. The Balaban J connectivity index is 2.02. The first-order valence-electron chi connectivity index (χ1n) is 7.50. The van der Waals surface area contributed by atoms with Crippen molar-refractivity contribution in [2.45, 2.75) is 6.92 Å². The van der Waals surface area contributed by atoms with Gasteiger partial charge in [-0.05, 0) is 25.1 Å². The zero-order valence-corrected chi connectivity index (χ0v) is 12.4. The van der Waals surface area contributed by atoms with Crippen molar-refractivity contribution in [2.75, 3.05) is 0 Å². The van der Waals surface area contributed by atoms with Crippen LogP contribution in [0, 0.1) is 0 Å². The molecule has 0 atom stereocenters. The number of ketones is 1. The van der Waals surface area contributed by atoms with E-state index in [9.17, 15) is 4.79 Å². The number of Topliss-reactive ketones (excluding diaryl/α,β-unsaturated/α-hetero) is 1. The van der Waals surface area contributed by atoms with Crippen molar-refractivity contribution in [1.82, 2.24) is 0 Å². The summed E-state index contributed by atoms with van der Waals surface area (Å²) >= 11 is 0.